The minimum Gasteiger partial charge on any atom is -0.368 e. The number of piperidine rings is 1. The van der Waals surface area contributed by atoms with Crippen LogP contribution in [0.1, 0.15) is 32.4 Å². The molecule has 1 aromatic heterocycles. The lowest BCUT2D eigenvalue weighted by Crippen LogP contribution is -2.40. The molecule has 4 nitrogen and oxygen atoms in total. The predicted molar refractivity (Wildman–Crippen MR) is 66.4 cm³/mol. The fraction of sp³-hybridized carbons (Fsp3) is 0.667. The van der Waals surface area contributed by atoms with Crippen LogP contribution < -0.4 is 10.6 Å². The van der Waals surface area contributed by atoms with Gasteiger partial charge < -0.3 is 10.6 Å². The summed E-state index contributed by atoms with van der Waals surface area (Å²) < 4.78 is 0. The summed E-state index contributed by atoms with van der Waals surface area (Å²) in [4.78, 5) is 10.7. The molecule has 0 atom stereocenters. The SMILES string of the molecule is Cc1cc(N2CCCC(C)(C)C2)nc(N)n1. The second kappa shape index (κ2) is 3.92. The fourth-order valence-corrected chi connectivity index (χ4v) is 2.36. The number of aryl methyl sites for hydroxylation is 1. The molecule has 1 fully saturated rings. The minimum absolute atomic E-state index is 0.367. The lowest BCUT2D eigenvalue weighted by molar-refractivity contribution is 0.292. The van der Waals surface area contributed by atoms with E-state index in [1.807, 2.05) is 13.0 Å². The summed E-state index contributed by atoms with van der Waals surface area (Å²) in [5, 5.41) is 0. The average Bonchev–Trinajstić information content (AvgIpc) is 2.14. The maximum absolute atomic E-state index is 5.68. The van der Waals surface area contributed by atoms with E-state index in [1.54, 1.807) is 0 Å². The molecule has 1 aliphatic heterocycles. The summed E-state index contributed by atoms with van der Waals surface area (Å²) in [7, 11) is 0. The van der Waals surface area contributed by atoms with Gasteiger partial charge in [-0.25, -0.2) is 4.98 Å². The Morgan fingerprint density at radius 2 is 2.12 bits per heavy atom. The second-order valence-electron chi connectivity index (χ2n) is 5.42. The van der Waals surface area contributed by atoms with Crippen molar-refractivity contribution in [3.05, 3.63) is 11.8 Å². The number of rotatable bonds is 1. The minimum atomic E-state index is 0.367. The van der Waals surface area contributed by atoms with Crippen LogP contribution in [-0.2, 0) is 0 Å². The Bertz CT molecular complexity index is 366. The lowest BCUT2D eigenvalue weighted by Gasteiger charge is -2.38. The molecule has 2 heterocycles. The predicted octanol–water partition coefficient (Wildman–Crippen LogP) is 1.99. The van der Waals surface area contributed by atoms with E-state index in [9.17, 15) is 0 Å². The van der Waals surface area contributed by atoms with Gasteiger partial charge in [-0.15, -0.1) is 0 Å². The fourth-order valence-electron chi connectivity index (χ4n) is 2.36. The van der Waals surface area contributed by atoms with Crippen molar-refractivity contribution in [3.8, 4) is 0 Å². The first-order chi connectivity index (χ1) is 7.46. The number of nitrogen functional groups attached to an aromatic ring is 1. The first kappa shape index (κ1) is 11.2. The third-order valence-corrected chi connectivity index (χ3v) is 3.08. The van der Waals surface area contributed by atoms with Gasteiger partial charge >= 0.3 is 0 Å². The maximum Gasteiger partial charge on any atom is 0.222 e. The van der Waals surface area contributed by atoms with Gasteiger partial charge in [0, 0.05) is 24.8 Å². The molecule has 88 valence electrons. The van der Waals surface area contributed by atoms with Crippen molar-refractivity contribution in [1.82, 2.24) is 9.97 Å². The van der Waals surface area contributed by atoms with Gasteiger partial charge in [-0.05, 0) is 25.2 Å². The van der Waals surface area contributed by atoms with E-state index in [0.29, 0.717) is 11.4 Å². The highest BCUT2D eigenvalue weighted by molar-refractivity contribution is 5.43. The van der Waals surface area contributed by atoms with Gasteiger partial charge in [-0.3, -0.25) is 0 Å². The molecule has 2 N–H and O–H groups in total. The van der Waals surface area contributed by atoms with Crippen LogP contribution in [0.2, 0.25) is 0 Å². The van der Waals surface area contributed by atoms with Gasteiger partial charge in [-0.2, -0.15) is 4.98 Å². The molecule has 0 aromatic carbocycles. The highest BCUT2D eigenvalue weighted by Crippen LogP contribution is 2.30. The van der Waals surface area contributed by atoms with Crippen LogP contribution in [0.25, 0.3) is 0 Å². The number of hydrogen-bond donors (Lipinski definition) is 1. The van der Waals surface area contributed by atoms with E-state index < -0.39 is 0 Å². The number of hydrogen-bond acceptors (Lipinski definition) is 4. The quantitative estimate of drug-likeness (QED) is 0.786. The standard InChI is InChI=1S/C12H20N4/c1-9-7-10(15-11(13)14-9)16-6-4-5-12(2,3)8-16/h7H,4-6,8H2,1-3H3,(H2,13,14,15). The van der Waals surface area contributed by atoms with Gasteiger partial charge in [0.05, 0.1) is 0 Å². The van der Waals surface area contributed by atoms with E-state index in [1.165, 1.54) is 12.8 Å². The van der Waals surface area contributed by atoms with Crippen molar-refractivity contribution in [2.75, 3.05) is 23.7 Å². The Hall–Kier alpha value is -1.32. The van der Waals surface area contributed by atoms with Crippen LogP contribution >= 0.6 is 0 Å². The summed E-state index contributed by atoms with van der Waals surface area (Å²) in [6.45, 7) is 8.67. The average molecular weight is 220 g/mol. The molecule has 0 bridgehead atoms. The molecule has 1 aromatic rings. The number of nitrogens with zero attached hydrogens (tertiary/aromatic N) is 3. The molecular formula is C12H20N4. The third kappa shape index (κ3) is 2.43. The zero-order valence-corrected chi connectivity index (χ0v) is 10.3. The van der Waals surface area contributed by atoms with E-state index in [2.05, 4.69) is 28.7 Å². The molecule has 16 heavy (non-hydrogen) atoms. The summed E-state index contributed by atoms with van der Waals surface area (Å²) in [6, 6.07) is 2.01. The molecule has 4 heteroatoms. The molecular weight excluding hydrogens is 200 g/mol. The zero-order chi connectivity index (χ0) is 11.8. The molecule has 1 saturated heterocycles. The Balaban J connectivity index is 2.23. The Morgan fingerprint density at radius 1 is 1.38 bits per heavy atom. The monoisotopic (exact) mass is 220 g/mol. The molecule has 0 aliphatic carbocycles. The molecule has 2 rings (SSSR count). The van der Waals surface area contributed by atoms with Crippen LogP contribution in [0.3, 0.4) is 0 Å². The van der Waals surface area contributed by atoms with E-state index in [4.69, 9.17) is 5.73 Å². The summed E-state index contributed by atoms with van der Waals surface area (Å²) in [5.41, 5.74) is 6.99. The largest absolute Gasteiger partial charge is 0.368 e. The zero-order valence-electron chi connectivity index (χ0n) is 10.3. The van der Waals surface area contributed by atoms with Crippen LogP contribution in [0, 0.1) is 12.3 Å². The number of aromatic nitrogens is 2. The van der Waals surface area contributed by atoms with E-state index in [0.717, 1.165) is 24.6 Å². The number of nitrogens with two attached hydrogens (primary N) is 1. The first-order valence-corrected chi connectivity index (χ1v) is 5.82. The second-order valence-corrected chi connectivity index (χ2v) is 5.42. The van der Waals surface area contributed by atoms with Gasteiger partial charge in [-0.1, -0.05) is 13.8 Å². The normalized spacial score (nSPS) is 19.8. The van der Waals surface area contributed by atoms with Crippen molar-refractivity contribution in [1.29, 1.82) is 0 Å². The molecule has 0 spiro atoms. The van der Waals surface area contributed by atoms with Crippen molar-refractivity contribution >= 4 is 11.8 Å². The molecule has 0 saturated carbocycles. The third-order valence-electron chi connectivity index (χ3n) is 3.08. The Morgan fingerprint density at radius 3 is 2.75 bits per heavy atom. The summed E-state index contributed by atoms with van der Waals surface area (Å²) in [5.74, 6) is 1.34. The van der Waals surface area contributed by atoms with E-state index in [-0.39, 0.29) is 0 Å². The highest BCUT2D eigenvalue weighted by atomic mass is 15.2. The van der Waals surface area contributed by atoms with Gasteiger partial charge in [0.1, 0.15) is 5.82 Å². The van der Waals surface area contributed by atoms with Gasteiger partial charge in [0.25, 0.3) is 0 Å². The van der Waals surface area contributed by atoms with Gasteiger partial charge in [0.2, 0.25) is 5.95 Å². The van der Waals surface area contributed by atoms with Crippen molar-refractivity contribution in [2.45, 2.75) is 33.6 Å². The smallest absolute Gasteiger partial charge is 0.222 e. The first-order valence-electron chi connectivity index (χ1n) is 5.82. The highest BCUT2D eigenvalue weighted by Gasteiger charge is 2.27. The van der Waals surface area contributed by atoms with E-state index >= 15 is 0 Å². The van der Waals surface area contributed by atoms with Crippen molar-refractivity contribution < 1.29 is 0 Å². The maximum atomic E-state index is 5.68. The molecule has 1 aliphatic rings. The van der Waals surface area contributed by atoms with Crippen LogP contribution in [0.4, 0.5) is 11.8 Å². The van der Waals surface area contributed by atoms with Crippen LogP contribution in [-0.4, -0.2) is 23.1 Å². The van der Waals surface area contributed by atoms with Crippen molar-refractivity contribution in [2.24, 2.45) is 5.41 Å². The summed E-state index contributed by atoms with van der Waals surface area (Å²) in [6.07, 6.45) is 2.50. The summed E-state index contributed by atoms with van der Waals surface area (Å²) >= 11 is 0. The van der Waals surface area contributed by atoms with Crippen LogP contribution in [0.15, 0.2) is 6.07 Å². The lowest BCUT2D eigenvalue weighted by atomic mass is 9.84. The molecule has 0 unspecified atom stereocenters. The van der Waals surface area contributed by atoms with Crippen molar-refractivity contribution in [3.63, 3.8) is 0 Å². The Labute approximate surface area is 96.9 Å². The topological polar surface area (TPSA) is 55.0 Å². The van der Waals surface area contributed by atoms with Crippen LogP contribution in [0.5, 0.6) is 0 Å². The number of anilines is 2. The Kier molecular flexibility index (Phi) is 2.74. The molecule has 0 radical (unpaired) electrons. The molecule has 0 amide bonds. The van der Waals surface area contributed by atoms with Gasteiger partial charge in [0.15, 0.2) is 0 Å².